The van der Waals surface area contributed by atoms with Crippen molar-refractivity contribution in [2.24, 2.45) is 0 Å². The Morgan fingerprint density at radius 2 is 0.784 bits per heavy atom. The zero-order valence-corrected chi connectivity index (χ0v) is 52.6. The molecule has 3 aliphatic heterocycles. The van der Waals surface area contributed by atoms with Gasteiger partial charge in [0.15, 0.2) is 18.9 Å². The smallest absolute Gasteiger partial charge is 0.220 e. The molecule has 3 saturated heterocycles. The quantitative estimate of drug-likeness (QED) is 0.0206. The molecule has 12 N–H and O–H groups in total. The molecule has 0 radical (unpaired) electrons. The number of unbranched alkanes of at least 4 members (excludes halogenated alkanes) is 13. The lowest BCUT2D eigenvalue weighted by atomic mass is 9.96. The maximum Gasteiger partial charge on any atom is 0.220 e. The molecule has 17 unspecified atom stereocenters. The molecule has 0 aromatic heterocycles. The molecule has 502 valence electrons. The minimum atomic E-state index is -1.98. The van der Waals surface area contributed by atoms with E-state index in [0.717, 1.165) is 122 Å². The van der Waals surface area contributed by atoms with E-state index in [9.17, 15) is 61.0 Å². The Bertz CT molecular complexity index is 2070. The number of carbonyl (C=O) groups excluding carboxylic acids is 1. The second-order valence-electron chi connectivity index (χ2n) is 22.8. The lowest BCUT2D eigenvalue weighted by molar-refractivity contribution is -0.379. The van der Waals surface area contributed by atoms with Gasteiger partial charge >= 0.3 is 0 Å². The number of ether oxygens (including phenoxy) is 6. The molecule has 3 rings (SSSR count). The zero-order chi connectivity index (χ0) is 64.0. The number of allylic oxidation sites excluding steroid dienone is 19. The molecule has 0 bridgehead atoms. The summed E-state index contributed by atoms with van der Waals surface area (Å²) in [5.74, 6) is -0.295. The normalized spacial score (nSPS) is 29.2. The lowest BCUT2D eigenvalue weighted by Gasteiger charge is -2.48. The van der Waals surface area contributed by atoms with Gasteiger partial charge in [0, 0.05) is 6.42 Å². The molecule has 17 atom stereocenters. The third-order valence-electron chi connectivity index (χ3n) is 15.5. The first-order chi connectivity index (χ1) is 42.8. The average Bonchev–Trinajstić information content (AvgIpc) is 0.949. The van der Waals surface area contributed by atoms with E-state index in [2.05, 4.69) is 129 Å². The van der Waals surface area contributed by atoms with Gasteiger partial charge in [-0.05, 0) is 89.9 Å². The van der Waals surface area contributed by atoms with Crippen molar-refractivity contribution in [3.05, 3.63) is 122 Å². The summed E-state index contributed by atoms with van der Waals surface area (Å²) < 4.78 is 34.1. The molecule has 88 heavy (non-hydrogen) atoms. The van der Waals surface area contributed by atoms with Gasteiger partial charge in [-0.3, -0.25) is 4.79 Å². The molecule has 3 fully saturated rings. The van der Waals surface area contributed by atoms with E-state index < -0.39 is 124 Å². The van der Waals surface area contributed by atoms with E-state index in [-0.39, 0.29) is 18.9 Å². The van der Waals surface area contributed by atoms with E-state index in [1.807, 2.05) is 6.08 Å². The van der Waals surface area contributed by atoms with Crippen LogP contribution in [0.25, 0.3) is 0 Å². The summed E-state index contributed by atoms with van der Waals surface area (Å²) in [6.07, 6.45) is 41.1. The Kier molecular flexibility index (Phi) is 44.4. The second-order valence-corrected chi connectivity index (χ2v) is 22.8. The van der Waals surface area contributed by atoms with Crippen molar-refractivity contribution in [3.8, 4) is 0 Å². The number of aliphatic hydroxyl groups is 11. The monoisotopic (exact) mass is 1240 g/mol. The van der Waals surface area contributed by atoms with Crippen LogP contribution in [-0.4, -0.2) is 193 Å². The van der Waals surface area contributed by atoms with Crippen LogP contribution in [0, 0.1) is 0 Å². The van der Waals surface area contributed by atoms with Crippen molar-refractivity contribution >= 4 is 5.91 Å². The van der Waals surface area contributed by atoms with E-state index in [0.29, 0.717) is 6.42 Å². The number of hydrogen-bond donors (Lipinski definition) is 12. The second kappa shape index (κ2) is 49.8. The number of nitrogens with one attached hydrogen (secondary N) is 1. The fraction of sp³-hybridized carbons (Fsp3) is 0.696. The van der Waals surface area contributed by atoms with Crippen LogP contribution in [0.2, 0.25) is 0 Å². The molecular weight excluding hydrogens is 1130 g/mol. The molecule has 0 aliphatic carbocycles. The van der Waals surface area contributed by atoms with Gasteiger partial charge in [0.2, 0.25) is 5.91 Å². The first-order valence-electron chi connectivity index (χ1n) is 32.8. The SMILES string of the molecule is CC/C=C\C/C=C\C/C=C\C/C=C\C/C=C\C/C=C\C/C=C\C/C=C\C/C=C\CCCCCCCCCCCC(=O)NC(COC1OC(CO)C(OC2OC(CO)C(OC3OC(CO)C(O)C(O)C3O)C(O)C2O)C(O)C1O)C(O)/C=C/CCCCCC. The molecule has 19 heteroatoms. The van der Waals surface area contributed by atoms with Crippen LogP contribution in [0.1, 0.15) is 174 Å². The summed E-state index contributed by atoms with van der Waals surface area (Å²) >= 11 is 0. The summed E-state index contributed by atoms with van der Waals surface area (Å²) in [6.45, 7) is 1.47. The molecule has 0 saturated carbocycles. The van der Waals surface area contributed by atoms with Crippen molar-refractivity contribution in [1.29, 1.82) is 0 Å². The summed E-state index contributed by atoms with van der Waals surface area (Å²) in [7, 11) is 0. The Balaban J connectivity index is 1.30. The number of rotatable bonds is 47. The van der Waals surface area contributed by atoms with E-state index in [1.54, 1.807) is 6.08 Å². The van der Waals surface area contributed by atoms with E-state index in [1.165, 1.54) is 25.7 Å². The maximum atomic E-state index is 13.3. The summed E-state index contributed by atoms with van der Waals surface area (Å²) in [4.78, 5) is 13.3. The van der Waals surface area contributed by atoms with Gasteiger partial charge in [-0.2, -0.15) is 0 Å². The van der Waals surface area contributed by atoms with Crippen molar-refractivity contribution in [2.45, 2.75) is 279 Å². The van der Waals surface area contributed by atoms with Crippen molar-refractivity contribution < 1.29 is 89.4 Å². The fourth-order valence-electron chi connectivity index (χ4n) is 10.2. The lowest BCUT2D eigenvalue weighted by Crippen LogP contribution is -2.66. The Morgan fingerprint density at radius 3 is 1.23 bits per heavy atom. The molecule has 3 aliphatic rings. The Hall–Kier alpha value is -3.81. The molecule has 1 amide bonds. The van der Waals surface area contributed by atoms with Gasteiger partial charge in [0.05, 0.1) is 38.6 Å². The number of amides is 1. The maximum absolute atomic E-state index is 13.3. The largest absolute Gasteiger partial charge is 0.394 e. The minimum absolute atomic E-state index is 0.227. The molecule has 0 spiro atoms. The molecule has 0 aromatic rings. The standard InChI is InChI=1S/C69H113NO18/c1-3-5-7-9-11-12-13-14-15-16-17-18-19-20-21-22-23-24-25-26-27-28-29-30-31-32-33-34-35-36-37-38-39-40-41-43-45-47-57(75)70-52(53(74)46-44-42-10-8-6-4-2)51-83-67-63(81)60(78)65(55(49-72)85-67)88-69-64(82)61(79)66(56(50-73)86-69)87-68-62(80)59(77)58(76)54(48-71)84-68/h5,7,11-12,14-15,17-18,20-21,23-24,26-27,29-30,32-33,44,46,52-56,58-69,71-74,76-82H,3-4,6,8-10,13,16,19,22,25,28,31,34-43,45,47-51H2,1-2H3,(H,70,75)/b7-5-,12-11-,15-14-,18-17-,21-20-,24-23-,27-26-,30-29-,33-32-,46-44+. The van der Waals surface area contributed by atoms with Crippen LogP contribution in [-0.2, 0) is 33.2 Å². The van der Waals surface area contributed by atoms with E-state index >= 15 is 0 Å². The highest BCUT2D eigenvalue weighted by molar-refractivity contribution is 5.76. The minimum Gasteiger partial charge on any atom is -0.394 e. The highest BCUT2D eigenvalue weighted by Crippen LogP contribution is 2.33. The molecule has 19 nitrogen and oxygen atoms in total. The Morgan fingerprint density at radius 1 is 0.420 bits per heavy atom. The van der Waals surface area contributed by atoms with Crippen molar-refractivity contribution in [1.82, 2.24) is 5.32 Å². The van der Waals surface area contributed by atoms with Crippen LogP contribution >= 0.6 is 0 Å². The van der Waals surface area contributed by atoms with Crippen LogP contribution in [0.4, 0.5) is 0 Å². The summed E-state index contributed by atoms with van der Waals surface area (Å²) in [5.41, 5.74) is 0. The molecule has 3 heterocycles. The summed E-state index contributed by atoms with van der Waals surface area (Å²) in [5, 5.41) is 120. The number of carbonyl (C=O) groups is 1. The highest BCUT2D eigenvalue weighted by atomic mass is 16.8. The Labute approximate surface area is 525 Å². The van der Waals surface area contributed by atoms with E-state index in [4.69, 9.17) is 28.4 Å². The number of hydrogen-bond acceptors (Lipinski definition) is 18. The average molecular weight is 1240 g/mol. The van der Waals surface area contributed by atoms with Gasteiger partial charge in [0.25, 0.3) is 0 Å². The van der Waals surface area contributed by atoms with Gasteiger partial charge < -0.3 is 89.9 Å². The first-order valence-corrected chi connectivity index (χ1v) is 32.8. The predicted molar refractivity (Wildman–Crippen MR) is 341 cm³/mol. The van der Waals surface area contributed by atoms with Gasteiger partial charge in [-0.25, -0.2) is 0 Å². The number of aliphatic hydroxyl groups excluding tert-OH is 11. The molecular formula is C69H113NO18. The van der Waals surface area contributed by atoms with Crippen molar-refractivity contribution in [3.63, 3.8) is 0 Å². The van der Waals surface area contributed by atoms with Crippen LogP contribution in [0.15, 0.2) is 122 Å². The zero-order valence-electron chi connectivity index (χ0n) is 52.6. The van der Waals surface area contributed by atoms with Gasteiger partial charge in [-0.1, -0.05) is 200 Å². The van der Waals surface area contributed by atoms with Crippen LogP contribution < -0.4 is 5.32 Å². The topological polar surface area (TPSA) is 307 Å². The van der Waals surface area contributed by atoms with Gasteiger partial charge in [-0.15, -0.1) is 0 Å². The first kappa shape index (κ1) is 78.4. The fourth-order valence-corrected chi connectivity index (χ4v) is 10.2. The van der Waals surface area contributed by atoms with Crippen molar-refractivity contribution in [2.75, 3.05) is 26.4 Å². The highest BCUT2D eigenvalue weighted by Gasteiger charge is 2.53. The van der Waals surface area contributed by atoms with Crippen LogP contribution in [0.3, 0.4) is 0 Å². The third kappa shape index (κ3) is 32.0. The van der Waals surface area contributed by atoms with Crippen LogP contribution in [0.5, 0.6) is 0 Å². The summed E-state index contributed by atoms with van der Waals surface area (Å²) in [6, 6.07) is -0.981. The third-order valence-corrected chi connectivity index (χ3v) is 15.5. The molecule has 0 aromatic carbocycles. The van der Waals surface area contributed by atoms with Gasteiger partial charge in [0.1, 0.15) is 73.2 Å². The predicted octanol–water partition coefficient (Wildman–Crippen LogP) is 7.65.